The van der Waals surface area contributed by atoms with Gasteiger partial charge in [-0.1, -0.05) is 12.1 Å². The van der Waals surface area contributed by atoms with Crippen LogP contribution in [0.3, 0.4) is 0 Å². The first-order valence-electron chi connectivity index (χ1n) is 10.4. The molecule has 0 saturated carbocycles. The fourth-order valence-corrected chi connectivity index (χ4v) is 3.71. The second kappa shape index (κ2) is 10.6. The molecule has 1 atom stereocenters. The highest BCUT2D eigenvalue weighted by atomic mass is 16.5. The van der Waals surface area contributed by atoms with Crippen molar-refractivity contribution >= 4 is 11.6 Å². The molecule has 2 aromatic carbocycles. The van der Waals surface area contributed by atoms with Gasteiger partial charge < -0.3 is 24.6 Å². The summed E-state index contributed by atoms with van der Waals surface area (Å²) < 4.78 is 11.0. The van der Waals surface area contributed by atoms with Crippen LogP contribution in [0.5, 0.6) is 11.5 Å². The second-order valence-corrected chi connectivity index (χ2v) is 7.55. The minimum Gasteiger partial charge on any atom is -0.497 e. The third kappa shape index (κ3) is 5.72. The number of nitrogens with one attached hydrogen (secondary N) is 3. The fraction of sp³-hybridized carbons (Fsp3) is 0.391. The SMILES string of the molecule is COc1ccc(OCC[NH+]2CC[NH+]([C@H](C)C(=O)Nc3ccccc3C#N)CC2)cc1. The number of ether oxygens (including phenoxy) is 2. The van der Waals surface area contributed by atoms with Gasteiger partial charge in [0.25, 0.3) is 5.91 Å². The Hall–Kier alpha value is -3.08. The highest BCUT2D eigenvalue weighted by Gasteiger charge is 2.31. The third-order valence-electron chi connectivity index (χ3n) is 5.69. The van der Waals surface area contributed by atoms with E-state index in [0.29, 0.717) is 17.9 Å². The Labute approximate surface area is 177 Å². The summed E-state index contributed by atoms with van der Waals surface area (Å²) in [4.78, 5) is 15.4. The predicted octanol–water partition coefficient (Wildman–Crippen LogP) is -0.244. The van der Waals surface area contributed by atoms with Gasteiger partial charge in [-0.3, -0.25) is 4.79 Å². The molecule has 0 bridgehead atoms. The molecule has 0 radical (unpaired) electrons. The number of hydrogen-bond acceptors (Lipinski definition) is 4. The molecule has 7 heteroatoms. The maximum Gasteiger partial charge on any atom is 0.282 e. The van der Waals surface area contributed by atoms with Crippen molar-refractivity contribution in [2.45, 2.75) is 13.0 Å². The Morgan fingerprint density at radius 2 is 1.77 bits per heavy atom. The van der Waals surface area contributed by atoms with E-state index in [1.54, 1.807) is 25.3 Å². The van der Waals surface area contributed by atoms with Crippen molar-refractivity contribution in [3.8, 4) is 17.6 Å². The molecule has 30 heavy (non-hydrogen) atoms. The number of carbonyl (C=O) groups is 1. The summed E-state index contributed by atoms with van der Waals surface area (Å²) >= 11 is 0. The summed E-state index contributed by atoms with van der Waals surface area (Å²) in [5.74, 6) is 1.63. The monoisotopic (exact) mass is 410 g/mol. The Kier molecular flexibility index (Phi) is 7.66. The van der Waals surface area contributed by atoms with Crippen LogP contribution in [0.4, 0.5) is 5.69 Å². The van der Waals surface area contributed by atoms with Gasteiger partial charge in [-0.25, -0.2) is 0 Å². The molecule has 0 spiro atoms. The fourth-order valence-electron chi connectivity index (χ4n) is 3.71. The standard InChI is InChI=1S/C23H28N4O3/c1-18(23(28)25-22-6-4-3-5-19(22)17-24)27-13-11-26(12-14-27)15-16-30-21-9-7-20(29-2)8-10-21/h3-10,18H,11-16H2,1-2H3,(H,25,28)/p+2/t18-/m1/s1. The highest BCUT2D eigenvalue weighted by molar-refractivity contribution is 5.94. The number of amides is 1. The van der Waals surface area contributed by atoms with E-state index in [4.69, 9.17) is 9.47 Å². The summed E-state index contributed by atoms with van der Waals surface area (Å²) in [5.41, 5.74) is 1.07. The zero-order valence-corrected chi connectivity index (χ0v) is 17.6. The smallest absolute Gasteiger partial charge is 0.282 e. The number of rotatable bonds is 8. The maximum atomic E-state index is 12.7. The van der Waals surface area contributed by atoms with Gasteiger partial charge in [0, 0.05) is 0 Å². The lowest BCUT2D eigenvalue weighted by molar-refractivity contribution is -1.02. The number of benzene rings is 2. The molecule has 7 nitrogen and oxygen atoms in total. The maximum absolute atomic E-state index is 12.7. The quantitative estimate of drug-likeness (QED) is 0.561. The van der Waals surface area contributed by atoms with Crippen LogP contribution in [0.15, 0.2) is 48.5 Å². The second-order valence-electron chi connectivity index (χ2n) is 7.55. The molecule has 0 unspecified atom stereocenters. The van der Waals surface area contributed by atoms with E-state index in [1.807, 2.05) is 37.3 Å². The number of piperazine rings is 1. The summed E-state index contributed by atoms with van der Waals surface area (Å²) in [6.45, 7) is 7.45. The van der Waals surface area contributed by atoms with Crippen LogP contribution in [0.1, 0.15) is 12.5 Å². The molecule has 1 fully saturated rings. The molecular weight excluding hydrogens is 380 g/mol. The van der Waals surface area contributed by atoms with E-state index in [-0.39, 0.29) is 11.9 Å². The number of nitriles is 1. The van der Waals surface area contributed by atoms with Gasteiger partial charge >= 0.3 is 0 Å². The van der Waals surface area contributed by atoms with E-state index >= 15 is 0 Å². The zero-order chi connectivity index (χ0) is 21.3. The van der Waals surface area contributed by atoms with E-state index in [1.165, 1.54) is 9.80 Å². The Balaban J connectivity index is 1.40. The van der Waals surface area contributed by atoms with Gasteiger partial charge in [-0.05, 0) is 43.3 Å². The molecule has 1 heterocycles. The lowest BCUT2D eigenvalue weighted by atomic mass is 10.1. The first-order valence-corrected chi connectivity index (χ1v) is 10.4. The van der Waals surface area contributed by atoms with Crippen molar-refractivity contribution in [2.24, 2.45) is 0 Å². The van der Waals surface area contributed by atoms with Crippen LogP contribution >= 0.6 is 0 Å². The first-order chi connectivity index (χ1) is 14.6. The van der Waals surface area contributed by atoms with E-state index in [2.05, 4.69) is 11.4 Å². The van der Waals surface area contributed by atoms with Gasteiger partial charge in [-0.15, -0.1) is 0 Å². The number of carbonyl (C=O) groups excluding carboxylic acids is 1. The summed E-state index contributed by atoms with van der Waals surface area (Å²) in [6, 6.07) is 16.7. The molecule has 2 aromatic rings. The molecule has 0 aliphatic carbocycles. The van der Waals surface area contributed by atoms with Crippen LogP contribution < -0.4 is 24.6 Å². The number of methoxy groups -OCH3 is 1. The van der Waals surface area contributed by atoms with Crippen molar-refractivity contribution in [1.82, 2.24) is 0 Å². The van der Waals surface area contributed by atoms with Crippen molar-refractivity contribution in [3.63, 3.8) is 0 Å². The lowest BCUT2D eigenvalue weighted by Gasteiger charge is -2.32. The van der Waals surface area contributed by atoms with Crippen molar-refractivity contribution in [3.05, 3.63) is 54.1 Å². The number of para-hydroxylation sites is 1. The Morgan fingerprint density at radius 3 is 2.43 bits per heavy atom. The van der Waals surface area contributed by atoms with Gasteiger partial charge in [0.2, 0.25) is 0 Å². The number of hydrogen-bond donors (Lipinski definition) is 3. The molecule has 0 aromatic heterocycles. The molecule has 158 valence electrons. The Bertz CT molecular complexity index is 871. The summed E-state index contributed by atoms with van der Waals surface area (Å²) in [6.07, 6.45) is 0. The topological polar surface area (TPSA) is 80.2 Å². The molecule has 1 aliphatic rings. The van der Waals surface area contributed by atoms with E-state index in [0.717, 1.165) is 44.2 Å². The summed E-state index contributed by atoms with van der Waals surface area (Å²) in [5, 5.41) is 12.1. The van der Waals surface area contributed by atoms with E-state index in [9.17, 15) is 10.1 Å². The average molecular weight is 411 g/mol. The van der Waals surface area contributed by atoms with Gasteiger partial charge in [-0.2, -0.15) is 5.26 Å². The van der Waals surface area contributed by atoms with Crippen LogP contribution in [0.2, 0.25) is 0 Å². The molecule has 3 rings (SSSR count). The molecule has 3 N–H and O–H groups in total. The lowest BCUT2D eigenvalue weighted by Crippen LogP contribution is -3.30. The average Bonchev–Trinajstić information content (AvgIpc) is 2.80. The Morgan fingerprint density at radius 1 is 1.10 bits per heavy atom. The van der Waals surface area contributed by atoms with Gasteiger partial charge in [0.05, 0.1) is 18.4 Å². The molecular formula is C23H30N4O3+2. The minimum atomic E-state index is -0.158. The molecule has 1 amide bonds. The zero-order valence-electron chi connectivity index (χ0n) is 17.6. The largest absolute Gasteiger partial charge is 0.497 e. The number of nitrogens with zero attached hydrogens (tertiary/aromatic N) is 1. The molecule has 1 saturated heterocycles. The van der Waals surface area contributed by atoms with E-state index < -0.39 is 0 Å². The molecule has 1 aliphatic heterocycles. The summed E-state index contributed by atoms with van der Waals surface area (Å²) in [7, 11) is 1.65. The van der Waals surface area contributed by atoms with Gasteiger partial charge in [0.1, 0.15) is 56.9 Å². The number of anilines is 1. The normalized spacial score (nSPS) is 19.4. The highest BCUT2D eigenvalue weighted by Crippen LogP contribution is 2.16. The minimum absolute atomic E-state index is 0.0426. The van der Waals surface area contributed by atoms with Crippen LogP contribution in [0.25, 0.3) is 0 Å². The van der Waals surface area contributed by atoms with Crippen LogP contribution in [-0.4, -0.2) is 58.4 Å². The van der Waals surface area contributed by atoms with Crippen LogP contribution in [0, 0.1) is 11.3 Å². The van der Waals surface area contributed by atoms with Crippen molar-refractivity contribution in [2.75, 3.05) is 51.8 Å². The number of quaternary nitrogens is 2. The van der Waals surface area contributed by atoms with Crippen molar-refractivity contribution < 1.29 is 24.1 Å². The van der Waals surface area contributed by atoms with Crippen molar-refractivity contribution in [1.29, 1.82) is 5.26 Å². The van der Waals surface area contributed by atoms with Gasteiger partial charge in [0.15, 0.2) is 6.04 Å². The third-order valence-corrected chi connectivity index (χ3v) is 5.69. The van der Waals surface area contributed by atoms with Crippen LogP contribution in [-0.2, 0) is 4.79 Å². The predicted molar refractivity (Wildman–Crippen MR) is 114 cm³/mol. The first kappa shape index (κ1) is 21.6.